The summed E-state index contributed by atoms with van der Waals surface area (Å²) in [5, 5.41) is 4.48. The number of rotatable bonds is 2. The van der Waals surface area contributed by atoms with Crippen LogP contribution >= 0.6 is 11.3 Å². The van der Waals surface area contributed by atoms with Gasteiger partial charge in [0, 0.05) is 29.4 Å². The monoisotopic (exact) mass is 244 g/mol. The molecule has 2 aromatic rings. The fraction of sp³-hybridized carbons (Fsp3) is 0.357. The third-order valence-electron chi connectivity index (χ3n) is 3.25. The van der Waals surface area contributed by atoms with Crippen LogP contribution in [-0.2, 0) is 0 Å². The highest BCUT2D eigenvalue weighted by Gasteiger charge is 2.24. The Morgan fingerprint density at radius 1 is 1.29 bits per heavy atom. The van der Waals surface area contributed by atoms with Crippen LogP contribution in [0.25, 0.3) is 10.6 Å². The van der Waals surface area contributed by atoms with Crippen molar-refractivity contribution in [1.29, 1.82) is 0 Å². The highest BCUT2D eigenvalue weighted by atomic mass is 32.1. The molecule has 1 aromatic heterocycles. The third kappa shape index (κ3) is 2.01. The van der Waals surface area contributed by atoms with Crippen molar-refractivity contribution in [3.63, 3.8) is 0 Å². The van der Waals surface area contributed by atoms with Crippen molar-refractivity contribution in [2.24, 2.45) is 0 Å². The first kappa shape index (κ1) is 10.9. The van der Waals surface area contributed by atoms with Crippen LogP contribution in [0, 0.1) is 13.8 Å². The maximum Gasteiger partial charge on any atom is 0.123 e. The number of hydrogen-bond donors (Lipinski definition) is 1. The van der Waals surface area contributed by atoms with Crippen LogP contribution in [0.1, 0.15) is 22.1 Å². The van der Waals surface area contributed by atoms with E-state index in [2.05, 4.69) is 43.4 Å². The average molecular weight is 244 g/mol. The molecular formula is C14H16N2S. The van der Waals surface area contributed by atoms with Gasteiger partial charge in [-0.15, -0.1) is 11.3 Å². The molecular weight excluding hydrogens is 228 g/mol. The summed E-state index contributed by atoms with van der Waals surface area (Å²) in [5.74, 6) is 0.686. The molecule has 17 heavy (non-hydrogen) atoms. The lowest BCUT2D eigenvalue weighted by Gasteiger charge is -2.26. The molecule has 0 saturated carbocycles. The van der Waals surface area contributed by atoms with Gasteiger partial charge < -0.3 is 5.32 Å². The Balaban J connectivity index is 1.98. The van der Waals surface area contributed by atoms with Gasteiger partial charge in [0.25, 0.3) is 0 Å². The molecule has 1 aromatic carbocycles. The summed E-state index contributed by atoms with van der Waals surface area (Å²) >= 11 is 1.85. The molecule has 0 radical (unpaired) electrons. The highest BCUT2D eigenvalue weighted by Crippen LogP contribution is 2.34. The van der Waals surface area contributed by atoms with Gasteiger partial charge in [-0.25, -0.2) is 4.98 Å². The number of nitrogens with zero attached hydrogens (tertiary/aromatic N) is 1. The predicted octanol–water partition coefficient (Wildman–Crippen LogP) is 3.11. The fourth-order valence-electron chi connectivity index (χ4n) is 2.16. The zero-order valence-corrected chi connectivity index (χ0v) is 11.0. The third-order valence-corrected chi connectivity index (χ3v) is 4.62. The van der Waals surface area contributed by atoms with Crippen LogP contribution in [0.3, 0.4) is 0 Å². The first-order chi connectivity index (χ1) is 8.24. The van der Waals surface area contributed by atoms with Crippen LogP contribution in [0.2, 0.25) is 0 Å². The van der Waals surface area contributed by atoms with E-state index in [0.29, 0.717) is 5.92 Å². The standard InChI is InChI=1S/C14H16N2S/c1-9-4-3-5-11(6-9)14-16-10(2)13(17-14)12-7-15-8-12/h3-6,12,15H,7-8H2,1-2H3. The lowest BCUT2D eigenvalue weighted by Crippen LogP contribution is -2.39. The normalized spacial score (nSPS) is 15.9. The van der Waals surface area contributed by atoms with E-state index in [4.69, 9.17) is 4.98 Å². The Morgan fingerprint density at radius 3 is 2.76 bits per heavy atom. The summed E-state index contributed by atoms with van der Waals surface area (Å²) in [5.41, 5.74) is 3.75. The molecule has 0 amide bonds. The van der Waals surface area contributed by atoms with Crippen molar-refractivity contribution in [3.8, 4) is 10.6 Å². The van der Waals surface area contributed by atoms with Crippen LogP contribution in [0.5, 0.6) is 0 Å². The van der Waals surface area contributed by atoms with Gasteiger partial charge in [-0.2, -0.15) is 0 Å². The molecule has 3 rings (SSSR count). The van der Waals surface area contributed by atoms with Crippen molar-refractivity contribution in [2.75, 3.05) is 13.1 Å². The van der Waals surface area contributed by atoms with Crippen LogP contribution in [0.4, 0.5) is 0 Å². The van der Waals surface area contributed by atoms with Gasteiger partial charge in [-0.05, 0) is 19.9 Å². The van der Waals surface area contributed by atoms with Crippen molar-refractivity contribution >= 4 is 11.3 Å². The molecule has 0 bridgehead atoms. The van der Waals surface area contributed by atoms with Gasteiger partial charge in [0.2, 0.25) is 0 Å². The number of thiazole rings is 1. The van der Waals surface area contributed by atoms with E-state index < -0.39 is 0 Å². The largest absolute Gasteiger partial charge is 0.315 e. The second-order valence-electron chi connectivity index (χ2n) is 4.69. The lowest BCUT2D eigenvalue weighted by atomic mass is 10.0. The Hall–Kier alpha value is -1.19. The summed E-state index contributed by atoms with van der Waals surface area (Å²) in [4.78, 5) is 6.17. The molecule has 1 aliphatic heterocycles. The van der Waals surface area contributed by atoms with Crippen molar-refractivity contribution in [1.82, 2.24) is 10.3 Å². The fourth-order valence-corrected chi connectivity index (χ4v) is 3.33. The van der Waals surface area contributed by atoms with Crippen molar-refractivity contribution in [3.05, 3.63) is 40.4 Å². The second kappa shape index (κ2) is 4.24. The Morgan fingerprint density at radius 2 is 2.12 bits per heavy atom. The quantitative estimate of drug-likeness (QED) is 0.878. The topological polar surface area (TPSA) is 24.9 Å². The molecule has 1 fully saturated rings. The molecule has 1 saturated heterocycles. The van der Waals surface area contributed by atoms with E-state index in [1.165, 1.54) is 21.7 Å². The van der Waals surface area contributed by atoms with Crippen molar-refractivity contribution in [2.45, 2.75) is 19.8 Å². The van der Waals surface area contributed by atoms with Crippen LogP contribution < -0.4 is 5.32 Å². The minimum atomic E-state index is 0.686. The molecule has 0 aliphatic carbocycles. The summed E-state index contributed by atoms with van der Waals surface area (Å²) in [6, 6.07) is 8.59. The molecule has 1 aliphatic rings. The number of aromatic nitrogens is 1. The Kier molecular flexibility index (Phi) is 2.73. The molecule has 2 nitrogen and oxygen atoms in total. The van der Waals surface area contributed by atoms with Crippen molar-refractivity contribution < 1.29 is 0 Å². The van der Waals surface area contributed by atoms with E-state index in [-0.39, 0.29) is 0 Å². The molecule has 88 valence electrons. The minimum absolute atomic E-state index is 0.686. The SMILES string of the molecule is Cc1cccc(-c2nc(C)c(C3CNC3)s2)c1. The Labute approximate surface area is 106 Å². The van der Waals surface area contributed by atoms with E-state index in [0.717, 1.165) is 18.1 Å². The first-order valence-electron chi connectivity index (χ1n) is 5.99. The molecule has 2 heterocycles. The highest BCUT2D eigenvalue weighted by molar-refractivity contribution is 7.15. The van der Waals surface area contributed by atoms with E-state index in [1.54, 1.807) is 0 Å². The summed E-state index contributed by atoms with van der Waals surface area (Å²) in [6.07, 6.45) is 0. The summed E-state index contributed by atoms with van der Waals surface area (Å²) in [6.45, 7) is 6.47. The second-order valence-corrected chi connectivity index (χ2v) is 5.72. The number of aryl methyl sites for hydroxylation is 2. The molecule has 1 N–H and O–H groups in total. The van der Waals surface area contributed by atoms with Gasteiger partial charge >= 0.3 is 0 Å². The average Bonchev–Trinajstić information content (AvgIpc) is 2.59. The predicted molar refractivity (Wildman–Crippen MR) is 72.6 cm³/mol. The zero-order valence-electron chi connectivity index (χ0n) is 10.2. The number of benzene rings is 1. The molecule has 0 unspecified atom stereocenters. The molecule has 0 atom stereocenters. The van der Waals surface area contributed by atoms with E-state index in [9.17, 15) is 0 Å². The maximum atomic E-state index is 4.72. The first-order valence-corrected chi connectivity index (χ1v) is 6.81. The zero-order chi connectivity index (χ0) is 11.8. The van der Waals surface area contributed by atoms with Gasteiger partial charge in [-0.1, -0.05) is 23.8 Å². The van der Waals surface area contributed by atoms with Gasteiger partial charge in [0.1, 0.15) is 5.01 Å². The number of hydrogen-bond acceptors (Lipinski definition) is 3. The van der Waals surface area contributed by atoms with E-state index in [1.807, 2.05) is 11.3 Å². The van der Waals surface area contributed by atoms with Gasteiger partial charge in [-0.3, -0.25) is 0 Å². The van der Waals surface area contributed by atoms with E-state index >= 15 is 0 Å². The molecule has 3 heteroatoms. The summed E-state index contributed by atoms with van der Waals surface area (Å²) < 4.78 is 0. The molecule has 0 spiro atoms. The van der Waals surface area contributed by atoms with Gasteiger partial charge in [0.15, 0.2) is 0 Å². The maximum absolute atomic E-state index is 4.72. The summed E-state index contributed by atoms with van der Waals surface area (Å²) in [7, 11) is 0. The smallest absolute Gasteiger partial charge is 0.123 e. The van der Waals surface area contributed by atoms with Crippen LogP contribution in [-0.4, -0.2) is 18.1 Å². The minimum Gasteiger partial charge on any atom is -0.315 e. The number of nitrogens with one attached hydrogen (secondary N) is 1. The van der Waals surface area contributed by atoms with Crippen LogP contribution in [0.15, 0.2) is 24.3 Å². The lowest BCUT2D eigenvalue weighted by molar-refractivity contribution is 0.452. The van der Waals surface area contributed by atoms with Gasteiger partial charge in [0.05, 0.1) is 5.69 Å². The Bertz CT molecular complexity index is 541.